The van der Waals surface area contributed by atoms with Gasteiger partial charge in [0, 0.05) is 4.90 Å². The minimum Gasteiger partial charge on any atom is -0.459 e. The molecule has 0 bridgehead atoms. The summed E-state index contributed by atoms with van der Waals surface area (Å²) in [5.74, 6) is 1.12. The van der Waals surface area contributed by atoms with Gasteiger partial charge in [0.25, 0.3) is 0 Å². The molecule has 1 aliphatic carbocycles. The first-order valence-corrected chi connectivity index (χ1v) is 7.01. The van der Waals surface area contributed by atoms with Crippen molar-refractivity contribution >= 4 is 18.6 Å². The Morgan fingerprint density at radius 2 is 1.94 bits per heavy atom. The maximum Gasteiger partial charge on any atom is 0.339 e. The van der Waals surface area contributed by atoms with E-state index >= 15 is 0 Å². The highest BCUT2D eigenvalue weighted by atomic mass is 32.1. The first-order valence-electron chi connectivity index (χ1n) is 6.57. The van der Waals surface area contributed by atoms with E-state index in [1.165, 1.54) is 0 Å². The van der Waals surface area contributed by atoms with Crippen molar-refractivity contribution in [1.29, 1.82) is 0 Å². The van der Waals surface area contributed by atoms with Gasteiger partial charge in [-0.15, -0.1) is 12.6 Å². The fourth-order valence-corrected chi connectivity index (χ4v) is 2.72. The Morgan fingerprint density at radius 3 is 2.61 bits per heavy atom. The molecule has 98 valence electrons. The molecule has 1 aromatic rings. The Labute approximate surface area is 114 Å². The van der Waals surface area contributed by atoms with Gasteiger partial charge < -0.3 is 4.74 Å². The van der Waals surface area contributed by atoms with Gasteiger partial charge >= 0.3 is 5.97 Å². The average molecular weight is 264 g/mol. The zero-order chi connectivity index (χ0) is 13.1. The maximum atomic E-state index is 12.1. The van der Waals surface area contributed by atoms with E-state index in [1.54, 1.807) is 6.07 Å². The van der Waals surface area contributed by atoms with E-state index in [-0.39, 0.29) is 12.1 Å². The Morgan fingerprint density at radius 1 is 1.22 bits per heavy atom. The van der Waals surface area contributed by atoms with Crippen LogP contribution >= 0.6 is 12.6 Å². The van der Waals surface area contributed by atoms with Gasteiger partial charge in [0.2, 0.25) is 0 Å². The van der Waals surface area contributed by atoms with Gasteiger partial charge in [0.1, 0.15) is 6.10 Å². The summed E-state index contributed by atoms with van der Waals surface area (Å²) in [6.45, 7) is 4.50. The average Bonchev–Trinajstić information content (AvgIpc) is 2.34. The topological polar surface area (TPSA) is 26.3 Å². The number of hydrogen-bond donors (Lipinski definition) is 1. The molecule has 0 N–H and O–H groups in total. The molecular weight excluding hydrogens is 244 g/mol. The molecular formula is C15H20O2S. The van der Waals surface area contributed by atoms with Gasteiger partial charge in [-0.25, -0.2) is 4.79 Å². The predicted octanol–water partition coefficient (Wildman–Crippen LogP) is 3.96. The molecule has 0 amide bonds. The van der Waals surface area contributed by atoms with Crippen molar-refractivity contribution in [2.75, 3.05) is 0 Å². The lowest BCUT2D eigenvalue weighted by Crippen LogP contribution is -2.28. The number of rotatable bonds is 2. The first kappa shape index (κ1) is 13.5. The van der Waals surface area contributed by atoms with Crippen molar-refractivity contribution in [3.63, 3.8) is 0 Å². The minimum absolute atomic E-state index is 0.0663. The summed E-state index contributed by atoms with van der Waals surface area (Å²) in [4.78, 5) is 12.7. The fourth-order valence-electron chi connectivity index (χ4n) is 2.47. The molecule has 1 fully saturated rings. The Bertz CT molecular complexity index is 430. The van der Waals surface area contributed by atoms with Crippen LogP contribution in [0.1, 0.15) is 43.5 Å². The van der Waals surface area contributed by atoms with E-state index in [0.29, 0.717) is 16.4 Å². The lowest BCUT2D eigenvalue weighted by molar-refractivity contribution is 0.00844. The van der Waals surface area contributed by atoms with Crippen molar-refractivity contribution < 1.29 is 9.53 Å². The normalized spacial score (nSPS) is 27.8. The molecule has 3 atom stereocenters. The third-order valence-electron chi connectivity index (χ3n) is 3.95. The van der Waals surface area contributed by atoms with Crippen LogP contribution < -0.4 is 0 Å². The quantitative estimate of drug-likeness (QED) is 0.646. The van der Waals surface area contributed by atoms with E-state index in [4.69, 9.17) is 4.74 Å². The molecule has 1 aliphatic rings. The molecule has 0 aromatic heterocycles. The molecule has 0 aliphatic heterocycles. The predicted molar refractivity (Wildman–Crippen MR) is 75.1 cm³/mol. The number of thiol groups is 1. The SMILES string of the molecule is CC1CCC(OC(=O)c2ccccc2S)CC1C. The third-order valence-corrected chi connectivity index (χ3v) is 4.34. The van der Waals surface area contributed by atoms with Crippen LogP contribution in [0.15, 0.2) is 29.2 Å². The van der Waals surface area contributed by atoms with Crippen LogP contribution in [0.2, 0.25) is 0 Å². The summed E-state index contributed by atoms with van der Waals surface area (Å²) >= 11 is 4.29. The van der Waals surface area contributed by atoms with E-state index in [9.17, 15) is 4.79 Å². The van der Waals surface area contributed by atoms with Gasteiger partial charge in [-0.1, -0.05) is 26.0 Å². The summed E-state index contributed by atoms with van der Waals surface area (Å²) in [6.07, 6.45) is 3.16. The lowest BCUT2D eigenvalue weighted by atomic mass is 9.80. The largest absolute Gasteiger partial charge is 0.459 e. The zero-order valence-electron chi connectivity index (χ0n) is 10.9. The van der Waals surface area contributed by atoms with Crippen LogP contribution in [0, 0.1) is 11.8 Å². The molecule has 0 heterocycles. The Kier molecular flexibility index (Phi) is 4.33. The fraction of sp³-hybridized carbons (Fsp3) is 0.533. The molecule has 1 saturated carbocycles. The van der Waals surface area contributed by atoms with Crippen LogP contribution in [-0.2, 0) is 4.74 Å². The number of benzene rings is 1. The van der Waals surface area contributed by atoms with E-state index in [2.05, 4.69) is 26.5 Å². The highest BCUT2D eigenvalue weighted by molar-refractivity contribution is 7.80. The van der Waals surface area contributed by atoms with E-state index < -0.39 is 0 Å². The Hall–Kier alpha value is -0.960. The lowest BCUT2D eigenvalue weighted by Gasteiger charge is -2.31. The van der Waals surface area contributed by atoms with Crippen LogP contribution in [0.4, 0.5) is 0 Å². The Balaban J connectivity index is 1.98. The maximum absolute atomic E-state index is 12.1. The number of carbonyl (C=O) groups excluding carboxylic acids is 1. The minimum atomic E-state index is -0.243. The van der Waals surface area contributed by atoms with Crippen LogP contribution in [0.3, 0.4) is 0 Å². The number of esters is 1. The second kappa shape index (κ2) is 5.79. The standard InChI is InChI=1S/C15H20O2S/c1-10-7-8-12(9-11(10)2)17-15(16)13-5-3-4-6-14(13)18/h3-6,10-12,18H,7-9H2,1-2H3. The highest BCUT2D eigenvalue weighted by Crippen LogP contribution is 2.31. The molecule has 2 rings (SSSR count). The zero-order valence-corrected chi connectivity index (χ0v) is 11.8. The van der Waals surface area contributed by atoms with Gasteiger partial charge in [-0.05, 0) is 43.2 Å². The van der Waals surface area contributed by atoms with Gasteiger partial charge in [-0.2, -0.15) is 0 Å². The molecule has 1 aromatic carbocycles. The van der Waals surface area contributed by atoms with Crippen molar-refractivity contribution in [3.8, 4) is 0 Å². The molecule has 0 saturated heterocycles. The summed E-state index contributed by atoms with van der Waals surface area (Å²) < 4.78 is 5.59. The number of hydrogen-bond acceptors (Lipinski definition) is 3. The second-order valence-corrected chi connectivity index (χ2v) is 5.79. The van der Waals surface area contributed by atoms with E-state index in [0.717, 1.165) is 25.2 Å². The molecule has 18 heavy (non-hydrogen) atoms. The molecule has 0 radical (unpaired) electrons. The highest BCUT2D eigenvalue weighted by Gasteiger charge is 2.27. The van der Waals surface area contributed by atoms with Gasteiger partial charge in [-0.3, -0.25) is 0 Å². The molecule has 0 spiro atoms. The van der Waals surface area contributed by atoms with Gasteiger partial charge in [0.05, 0.1) is 5.56 Å². The van der Waals surface area contributed by atoms with Crippen molar-refractivity contribution in [2.45, 2.75) is 44.1 Å². The van der Waals surface area contributed by atoms with Crippen LogP contribution in [0.5, 0.6) is 0 Å². The molecule has 3 heteroatoms. The summed E-state index contributed by atoms with van der Waals surface area (Å²) in [7, 11) is 0. The van der Waals surface area contributed by atoms with Crippen LogP contribution in [0.25, 0.3) is 0 Å². The smallest absolute Gasteiger partial charge is 0.339 e. The third kappa shape index (κ3) is 3.08. The van der Waals surface area contributed by atoms with Crippen molar-refractivity contribution in [1.82, 2.24) is 0 Å². The van der Waals surface area contributed by atoms with Crippen LogP contribution in [-0.4, -0.2) is 12.1 Å². The van der Waals surface area contributed by atoms with Crippen molar-refractivity contribution in [2.24, 2.45) is 11.8 Å². The summed E-state index contributed by atoms with van der Waals surface area (Å²) in [6, 6.07) is 7.27. The van der Waals surface area contributed by atoms with Crippen molar-refractivity contribution in [3.05, 3.63) is 29.8 Å². The monoisotopic (exact) mass is 264 g/mol. The molecule has 3 unspecified atom stereocenters. The summed E-state index contributed by atoms with van der Waals surface area (Å²) in [5, 5.41) is 0. The van der Waals surface area contributed by atoms with E-state index in [1.807, 2.05) is 18.2 Å². The second-order valence-electron chi connectivity index (χ2n) is 5.31. The first-order chi connectivity index (χ1) is 8.58. The number of carbonyl (C=O) groups is 1. The number of ether oxygens (including phenoxy) is 1. The van der Waals surface area contributed by atoms with Gasteiger partial charge in [0.15, 0.2) is 0 Å². The summed E-state index contributed by atoms with van der Waals surface area (Å²) in [5.41, 5.74) is 0.562. The molecule has 2 nitrogen and oxygen atoms in total.